The summed E-state index contributed by atoms with van der Waals surface area (Å²) in [6.07, 6.45) is 3.81. The molecule has 0 aromatic carbocycles. The third kappa shape index (κ3) is 5.02. The van der Waals surface area contributed by atoms with Gasteiger partial charge in [-0.2, -0.15) is 5.26 Å². The van der Waals surface area contributed by atoms with Crippen LogP contribution in [-0.2, 0) is 10.0 Å². The zero-order valence-corrected chi connectivity index (χ0v) is 11.4. The summed E-state index contributed by atoms with van der Waals surface area (Å²) in [5, 5.41) is 8.51. The molecule has 1 saturated heterocycles. The predicted octanol–water partition coefficient (Wildman–Crippen LogP) is 0.503. The number of hydrogen-bond donors (Lipinski definition) is 0. The van der Waals surface area contributed by atoms with Gasteiger partial charge in [0.05, 0.1) is 12.3 Å². The van der Waals surface area contributed by atoms with Gasteiger partial charge in [0.15, 0.2) is 0 Å². The molecule has 0 amide bonds. The van der Waals surface area contributed by atoms with Gasteiger partial charge in [-0.15, -0.1) is 0 Å². The van der Waals surface area contributed by atoms with E-state index in [1.807, 2.05) is 7.05 Å². The van der Waals surface area contributed by atoms with E-state index in [9.17, 15) is 8.42 Å². The summed E-state index contributed by atoms with van der Waals surface area (Å²) in [5.74, 6) is 0.391. The van der Waals surface area contributed by atoms with Crippen LogP contribution in [0.2, 0.25) is 0 Å². The average Bonchev–Trinajstić information content (AvgIpc) is 2.25. The summed E-state index contributed by atoms with van der Waals surface area (Å²) in [4.78, 5) is 2.11. The van der Waals surface area contributed by atoms with Crippen LogP contribution in [0.25, 0.3) is 0 Å². The number of hydrogen-bond acceptors (Lipinski definition) is 4. The summed E-state index contributed by atoms with van der Waals surface area (Å²) in [7, 11) is -1.07. The molecule has 1 heterocycles. The summed E-state index contributed by atoms with van der Waals surface area (Å²) in [6, 6.07) is 2.12. The molecule has 1 unspecified atom stereocenters. The second-order valence-electron chi connectivity index (χ2n) is 4.80. The van der Waals surface area contributed by atoms with Crippen LogP contribution < -0.4 is 0 Å². The van der Waals surface area contributed by atoms with Crippen LogP contribution in [0.5, 0.6) is 0 Å². The average molecular weight is 259 g/mol. The minimum Gasteiger partial charge on any atom is -0.305 e. The minimum absolute atomic E-state index is 0.391. The number of sulfonamides is 1. The number of nitrogens with zero attached hydrogens (tertiary/aromatic N) is 3. The highest BCUT2D eigenvalue weighted by Gasteiger charge is 2.26. The van der Waals surface area contributed by atoms with Crippen molar-refractivity contribution in [1.29, 1.82) is 5.26 Å². The molecule has 5 nitrogen and oxygen atoms in total. The standard InChI is InChI=1S/C11H21N3O2S/c1-13(7-4-6-12)9-11-5-3-8-14(10-11)17(2,15)16/h11H,3-5,7-10H2,1-2H3. The molecule has 6 heteroatoms. The molecule has 0 saturated carbocycles. The van der Waals surface area contributed by atoms with Gasteiger partial charge in [-0.25, -0.2) is 12.7 Å². The molecular formula is C11H21N3O2S. The Morgan fingerprint density at radius 3 is 2.82 bits per heavy atom. The highest BCUT2D eigenvalue weighted by atomic mass is 32.2. The van der Waals surface area contributed by atoms with Crippen molar-refractivity contribution in [3.8, 4) is 6.07 Å². The maximum Gasteiger partial charge on any atom is 0.211 e. The van der Waals surface area contributed by atoms with Gasteiger partial charge in [0, 0.05) is 32.6 Å². The van der Waals surface area contributed by atoms with Crippen molar-refractivity contribution in [1.82, 2.24) is 9.21 Å². The Labute approximate surface area is 104 Å². The Balaban J connectivity index is 2.42. The molecule has 17 heavy (non-hydrogen) atoms. The highest BCUT2D eigenvalue weighted by Crippen LogP contribution is 2.19. The zero-order chi connectivity index (χ0) is 12.9. The molecule has 1 aliphatic heterocycles. The molecule has 0 spiro atoms. The van der Waals surface area contributed by atoms with Crippen molar-refractivity contribution in [3.63, 3.8) is 0 Å². The molecule has 0 aromatic rings. The van der Waals surface area contributed by atoms with E-state index in [0.29, 0.717) is 25.4 Å². The number of nitriles is 1. The fourth-order valence-corrected chi connectivity index (χ4v) is 3.19. The zero-order valence-electron chi connectivity index (χ0n) is 10.6. The van der Waals surface area contributed by atoms with Gasteiger partial charge in [-0.3, -0.25) is 0 Å². The maximum absolute atomic E-state index is 11.5. The molecule has 0 bridgehead atoms. The first-order chi connectivity index (χ1) is 7.93. The van der Waals surface area contributed by atoms with E-state index in [0.717, 1.165) is 25.9 Å². The molecule has 1 atom stereocenters. The summed E-state index contributed by atoms with van der Waals surface area (Å²) in [6.45, 7) is 2.90. The Hall–Kier alpha value is -0.640. The first kappa shape index (κ1) is 14.4. The van der Waals surface area contributed by atoms with E-state index in [-0.39, 0.29) is 0 Å². The van der Waals surface area contributed by atoms with Crippen LogP contribution in [0.1, 0.15) is 19.3 Å². The Morgan fingerprint density at radius 1 is 1.53 bits per heavy atom. The van der Waals surface area contributed by atoms with Gasteiger partial charge < -0.3 is 4.90 Å². The lowest BCUT2D eigenvalue weighted by molar-refractivity contribution is 0.203. The third-order valence-corrected chi connectivity index (χ3v) is 4.40. The van der Waals surface area contributed by atoms with Crippen LogP contribution in [0.3, 0.4) is 0 Å². The highest BCUT2D eigenvalue weighted by molar-refractivity contribution is 7.88. The smallest absolute Gasteiger partial charge is 0.211 e. The molecular weight excluding hydrogens is 238 g/mol. The van der Waals surface area contributed by atoms with Gasteiger partial charge in [-0.1, -0.05) is 0 Å². The normalized spacial score (nSPS) is 22.6. The molecule has 0 aromatic heterocycles. The first-order valence-electron chi connectivity index (χ1n) is 5.94. The largest absolute Gasteiger partial charge is 0.305 e. The van der Waals surface area contributed by atoms with Crippen molar-refractivity contribution in [2.24, 2.45) is 5.92 Å². The van der Waals surface area contributed by atoms with Crippen LogP contribution in [0.15, 0.2) is 0 Å². The van der Waals surface area contributed by atoms with Gasteiger partial charge in [0.25, 0.3) is 0 Å². The quantitative estimate of drug-likeness (QED) is 0.721. The lowest BCUT2D eigenvalue weighted by Gasteiger charge is -2.33. The fourth-order valence-electron chi connectivity index (χ4n) is 2.25. The molecule has 1 aliphatic rings. The van der Waals surface area contributed by atoms with E-state index < -0.39 is 10.0 Å². The topological polar surface area (TPSA) is 64.4 Å². The van der Waals surface area contributed by atoms with Crippen molar-refractivity contribution < 1.29 is 8.42 Å². The van der Waals surface area contributed by atoms with Crippen molar-refractivity contribution in [2.75, 3.05) is 39.5 Å². The lowest BCUT2D eigenvalue weighted by Crippen LogP contribution is -2.42. The van der Waals surface area contributed by atoms with Gasteiger partial charge in [-0.05, 0) is 25.8 Å². The second-order valence-corrected chi connectivity index (χ2v) is 6.78. The van der Waals surface area contributed by atoms with Crippen molar-refractivity contribution >= 4 is 10.0 Å². The SMILES string of the molecule is CN(CCC#N)CC1CCCN(S(C)(=O)=O)C1. The van der Waals surface area contributed by atoms with Crippen LogP contribution in [0, 0.1) is 17.2 Å². The van der Waals surface area contributed by atoms with Crippen molar-refractivity contribution in [2.45, 2.75) is 19.3 Å². The van der Waals surface area contributed by atoms with Crippen molar-refractivity contribution in [3.05, 3.63) is 0 Å². The Kier molecular flexibility index (Phi) is 5.37. The minimum atomic E-state index is -3.05. The van der Waals surface area contributed by atoms with Gasteiger partial charge in [0.2, 0.25) is 10.0 Å². The van der Waals surface area contributed by atoms with Crippen LogP contribution >= 0.6 is 0 Å². The fraction of sp³-hybridized carbons (Fsp3) is 0.909. The van der Waals surface area contributed by atoms with Crippen LogP contribution in [-0.4, -0.2) is 57.1 Å². The maximum atomic E-state index is 11.5. The monoisotopic (exact) mass is 259 g/mol. The predicted molar refractivity (Wildman–Crippen MR) is 66.9 cm³/mol. The number of rotatable bonds is 5. The molecule has 0 N–H and O–H groups in total. The lowest BCUT2D eigenvalue weighted by atomic mass is 9.99. The van der Waals surface area contributed by atoms with Crippen LogP contribution in [0.4, 0.5) is 0 Å². The van der Waals surface area contributed by atoms with E-state index >= 15 is 0 Å². The van der Waals surface area contributed by atoms with E-state index in [4.69, 9.17) is 5.26 Å². The van der Waals surface area contributed by atoms with E-state index in [1.54, 1.807) is 4.31 Å². The molecule has 0 radical (unpaired) electrons. The third-order valence-electron chi connectivity index (χ3n) is 3.13. The summed E-state index contributed by atoms with van der Waals surface area (Å²) in [5.41, 5.74) is 0. The summed E-state index contributed by atoms with van der Waals surface area (Å²) >= 11 is 0. The Morgan fingerprint density at radius 2 is 2.24 bits per heavy atom. The van der Waals surface area contributed by atoms with Gasteiger partial charge >= 0.3 is 0 Å². The molecule has 1 rings (SSSR count). The van der Waals surface area contributed by atoms with E-state index in [1.165, 1.54) is 6.26 Å². The Bertz CT molecular complexity index is 375. The second kappa shape index (κ2) is 6.34. The van der Waals surface area contributed by atoms with Gasteiger partial charge in [0.1, 0.15) is 0 Å². The molecule has 0 aliphatic carbocycles. The summed E-state index contributed by atoms with van der Waals surface area (Å²) < 4.78 is 24.5. The van der Waals surface area contributed by atoms with E-state index in [2.05, 4.69) is 11.0 Å². The first-order valence-corrected chi connectivity index (χ1v) is 7.79. The molecule has 98 valence electrons. The number of piperidine rings is 1. The molecule has 1 fully saturated rings.